The molecule has 0 saturated carbocycles. The molecule has 1 amide bonds. The summed E-state index contributed by atoms with van der Waals surface area (Å²) >= 11 is 0. The highest BCUT2D eigenvalue weighted by molar-refractivity contribution is 5.67. The van der Waals surface area contributed by atoms with Crippen molar-refractivity contribution in [2.45, 2.75) is 52.2 Å². The summed E-state index contributed by atoms with van der Waals surface area (Å²) in [6.07, 6.45) is 0.0634. The molecule has 14 heavy (non-hydrogen) atoms. The largest absolute Gasteiger partial charge is 0.444 e. The van der Waals surface area contributed by atoms with Crippen molar-refractivity contribution in [3.63, 3.8) is 0 Å². The summed E-state index contributed by atoms with van der Waals surface area (Å²) in [5.41, 5.74) is -1.23. The van der Waals surface area contributed by atoms with Crippen LogP contribution in [0.4, 0.5) is 4.79 Å². The number of rotatable bonds is 3. The summed E-state index contributed by atoms with van der Waals surface area (Å²) in [7, 11) is 0. The molecule has 0 aliphatic heterocycles. The number of alkyl carbamates (subject to hydrolysis) is 1. The van der Waals surface area contributed by atoms with Crippen molar-refractivity contribution in [2.75, 3.05) is 6.54 Å². The van der Waals surface area contributed by atoms with Gasteiger partial charge in [0.05, 0.1) is 5.60 Å². The molecule has 0 aliphatic carbocycles. The van der Waals surface area contributed by atoms with Gasteiger partial charge >= 0.3 is 6.09 Å². The predicted octanol–water partition coefficient (Wildman–Crippen LogP) is 1.67. The summed E-state index contributed by atoms with van der Waals surface area (Å²) in [5.74, 6) is 0. The molecule has 0 atom stereocenters. The smallest absolute Gasteiger partial charge is 0.407 e. The van der Waals surface area contributed by atoms with Crippen LogP contribution in [0, 0.1) is 0 Å². The molecule has 0 heterocycles. The standard InChI is InChI=1S/C10H21NO3/c1-9(2,3)14-8(12)11-7-6-10(4,5)13/h13H,6-7H2,1-5H3,(H,11,12). The third-order valence-electron chi connectivity index (χ3n) is 1.41. The van der Waals surface area contributed by atoms with Crippen LogP contribution in [-0.2, 0) is 4.74 Å². The van der Waals surface area contributed by atoms with Crippen molar-refractivity contribution in [1.29, 1.82) is 0 Å². The average molecular weight is 203 g/mol. The maximum atomic E-state index is 11.1. The second-order valence-corrected chi connectivity index (χ2v) is 4.99. The van der Waals surface area contributed by atoms with Gasteiger partial charge in [-0.3, -0.25) is 0 Å². The molecule has 0 unspecified atom stereocenters. The van der Waals surface area contributed by atoms with E-state index in [0.717, 1.165) is 0 Å². The minimum Gasteiger partial charge on any atom is -0.444 e. The Hall–Kier alpha value is -0.770. The molecule has 0 bridgehead atoms. The van der Waals surface area contributed by atoms with E-state index in [1.165, 1.54) is 0 Å². The van der Waals surface area contributed by atoms with Crippen molar-refractivity contribution in [3.8, 4) is 0 Å². The second kappa shape index (κ2) is 4.64. The zero-order valence-electron chi connectivity index (χ0n) is 9.68. The lowest BCUT2D eigenvalue weighted by Crippen LogP contribution is -2.35. The van der Waals surface area contributed by atoms with Crippen molar-refractivity contribution < 1.29 is 14.6 Å². The van der Waals surface area contributed by atoms with Gasteiger partial charge in [-0.05, 0) is 41.0 Å². The molecular formula is C10H21NO3. The number of amides is 1. The van der Waals surface area contributed by atoms with Crippen LogP contribution >= 0.6 is 0 Å². The number of ether oxygens (including phenoxy) is 1. The summed E-state index contributed by atoms with van der Waals surface area (Å²) in [6, 6.07) is 0. The third kappa shape index (κ3) is 9.32. The maximum Gasteiger partial charge on any atom is 0.407 e. The van der Waals surface area contributed by atoms with Crippen LogP contribution in [0.25, 0.3) is 0 Å². The lowest BCUT2D eigenvalue weighted by molar-refractivity contribution is 0.0475. The van der Waals surface area contributed by atoms with Gasteiger partial charge in [-0.1, -0.05) is 0 Å². The van der Waals surface area contributed by atoms with E-state index in [1.807, 2.05) is 20.8 Å². The lowest BCUT2D eigenvalue weighted by Gasteiger charge is -2.21. The first-order valence-electron chi connectivity index (χ1n) is 4.79. The fourth-order valence-corrected chi connectivity index (χ4v) is 0.785. The van der Waals surface area contributed by atoms with Crippen LogP contribution in [0.1, 0.15) is 41.0 Å². The van der Waals surface area contributed by atoms with Crippen LogP contribution in [0.2, 0.25) is 0 Å². The van der Waals surface area contributed by atoms with E-state index < -0.39 is 17.3 Å². The summed E-state index contributed by atoms with van der Waals surface area (Å²) < 4.78 is 5.02. The molecule has 0 saturated heterocycles. The van der Waals surface area contributed by atoms with Crippen molar-refractivity contribution in [3.05, 3.63) is 0 Å². The Labute approximate surface area is 85.6 Å². The molecule has 0 aromatic rings. The summed E-state index contributed by atoms with van der Waals surface area (Å²) in [6.45, 7) is 9.24. The fraction of sp³-hybridized carbons (Fsp3) is 0.900. The van der Waals surface area contributed by atoms with E-state index >= 15 is 0 Å². The van der Waals surface area contributed by atoms with Crippen LogP contribution in [0.5, 0.6) is 0 Å². The Morgan fingerprint density at radius 1 is 1.29 bits per heavy atom. The van der Waals surface area contributed by atoms with Gasteiger partial charge in [0.15, 0.2) is 0 Å². The van der Waals surface area contributed by atoms with Crippen LogP contribution in [0.3, 0.4) is 0 Å². The van der Waals surface area contributed by atoms with E-state index in [2.05, 4.69) is 5.32 Å². The Kier molecular flexibility index (Phi) is 4.39. The van der Waals surface area contributed by atoms with Crippen LogP contribution in [0.15, 0.2) is 0 Å². The monoisotopic (exact) mass is 203 g/mol. The summed E-state index contributed by atoms with van der Waals surface area (Å²) in [5, 5.41) is 11.9. The number of nitrogens with one attached hydrogen (secondary N) is 1. The van der Waals surface area contributed by atoms with Gasteiger partial charge in [-0.25, -0.2) is 4.79 Å². The van der Waals surface area contributed by atoms with E-state index in [0.29, 0.717) is 13.0 Å². The maximum absolute atomic E-state index is 11.1. The Bertz CT molecular complexity index is 189. The highest BCUT2D eigenvalue weighted by atomic mass is 16.6. The van der Waals surface area contributed by atoms with Gasteiger partial charge in [0, 0.05) is 6.54 Å². The van der Waals surface area contributed by atoms with Gasteiger partial charge in [-0.2, -0.15) is 0 Å². The molecule has 0 rings (SSSR count). The first kappa shape index (κ1) is 13.2. The zero-order chi connectivity index (χ0) is 11.4. The van der Waals surface area contributed by atoms with Crippen molar-refractivity contribution in [1.82, 2.24) is 5.32 Å². The first-order chi connectivity index (χ1) is 6.10. The van der Waals surface area contributed by atoms with Crippen molar-refractivity contribution >= 4 is 6.09 Å². The normalized spacial score (nSPS) is 12.4. The van der Waals surface area contributed by atoms with Gasteiger partial charge < -0.3 is 15.2 Å². The molecule has 0 aromatic heterocycles. The quantitative estimate of drug-likeness (QED) is 0.733. The van der Waals surface area contributed by atoms with E-state index in [-0.39, 0.29) is 0 Å². The minimum atomic E-state index is -0.755. The average Bonchev–Trinajstić information content (AvgIpc) is 1.78. The van der Waals surface area contributed by atoms with E-state index in [4.69, 9.17) is 4.74 Å². The topological polar surface area (TPSA) is 58.6 Å². The highest BCUT2D eigenvalue weighted by Crippen LogP contribution is 2.08. The first-order valence-corrected chi connectivity index (χ1v) is 4.79. The predicted molar refractivity (Wildman–Crippen MR) is 55.2 cm³/mol. The molecule has 2 N–H and O–H groups in total. The third-order valence-corrected chi connectivity index (χ3v) is 1.41. The fourth-order valence-electron chi connectivity index (χ4n) is 0.785. The molecule has 0 aromatic carbocycles. The van der Waals surface area contributed by atoms with Gasteiger partial charge in [0.25, 0.3) is 0 Å². The second-order valence-electron chi connectivity index (χ2n) is 4.99. The molecular weight excluding hydrogens is 182 g/mol. The van der Waals surface area contributed by atoms with E-state index in [1.54, 1.807) is 13.8 Å². The Balaban J connectivity index is 3.66. The molecule has 0 fully saturated rings. The minimum absolute atomic E-state index is 0.415. The van der Waals surface area contributed by atoms with E-state index in [9.17, 15) is 9.90 Å². The number of carbonyl (C=O) groups excluding carboxylic acids is 1. The summed E-state index contributed by atoms with van der Waals surface area (Å²) in [4.78, 5) is 11.1. The number of carbonyl (C=O) groups is 1. The SMILES string of the molecule is CC(C)(O)CCNC(=O)OC(C)(C)C. The molecule has 0 spiro atoms. The molecule has 0 radical (unpaired) electrons. The van der Waals surface area contributed by atoms with Crippen molar-refractivity contribution in [2.24, 2.45) is 0 Å². The van der Waals surface area contributed by atoms with Crippen LogP contribution < -0.4 is 5.32 Å². The highest BCUT2D eigenvalue weighted by Gasteiger charge is 2.17. The number of aliphatic hydroxyl groups is 1. The Morgan fingerprint density at radius 2 is 1.79 bits per heavy atom. The number of hydrogen-bond donors (Lipinski definition) is 2. The zero-order valence-corrected chi connectivity index (χ0v) is 9.68. The number of hydrogen-bond acceptors (Lipinski definition) is 3. The Morgan fingerprint density at radius 3 is 2.14 bits per heavy atom. The molecule has 4 heteroatoms. The van der Waals surface area contributed by atoms with Gasteiger partial charge in [0.1, 0.15) is 5.60 Å². The van der Waals surface area contributed by atoms with Gasteiger partial charge in [-0.15, -0.1) is 0 Å². The van der Waals surface area contributed by atoms with Crippen LogP contribution in [-0.4, -0.2) is 28.9 Å². The molecule has 84 valence electrons. The molecule has 4 nitrogen and oxygen atoms in total. The van der Waals surface area contributed by atoms with Gasteiger partial charge in [0.2, 0.25) is 0 Å². The lowest BCUT2D eigenvalue weighted by atomic mass is 10.1. The molecule has 0 aliphatic rings.